The minimum atomic E-state index is -0.839. The quantitative estimate of drug-likeness (QED) is 0.0261. The molecule has 0 aliphatic heterocycles. The van der Waals surface area contributed by atoms with Crippen molar-refractivity contribution in [3.8, 4) is 0 Å². The van der Waals surface area contributed by atoms with Crippen molar-refractivity contribution in [2.45, 2.75) is 277 Å². The second-order valence-electron chi connectivity index (χ2n) is 19.5. The Morgan fingerprint density at radius 3 is 0.931 bits per heavy atom. The number of hydrogen-bond donors (Lipinski definition) is 0. The molecule has 6 nitrogen and oxygen atoms in total. The summed E-state index contributed by atoms with van der Waals surface area (Å²) in [5.41, 5.74) is 0. The summed E-state index contributed by atoms with van der Waals surface area (Å²) in [5, 5.41) is 0. The number of unbranched alkanes of at least 4 members (excludes halogenated alkanes) is 25. The van der Waals surface area contributed by atoms with Crippen LogP contribution in [-0.4, -0.2) is 37.2 Å². The van der Waals surface area contributed by atoms with Crippen molar-refractivity contribution in [2.24, 2.45) is 0 Å². The zero-order chi connectivity index (χ0) is 52.2. The third kappa shape index (κ3) is 57.0. The molecule has 0 aliphatic rings. The van der Waals surface area contributed by atoms with Crippen LogP contribution in [0.15, 0.2) is 109 Å². The molecule has 0 amide bonds. The van der Waals surface area contributed by atoms with Gasteiger partial charge in [0.05, 0.1) is 6.42 Å². The van der Waals surface area contributed by atoms with Gasteiger partial charge in [0.15, 0.2) is 6.10 Å². The zero-order valence-corrected chi connectivity index (χ0v) is 46.9. The number of rotatable bonds is 53. The van der Waals surface area contributed by atoms with Gasteiger partial charge in [-0.1, -0.05) is 252 Å². The number of ether oxygens (including phenoxy) is 3. The fourth-order valence-electron chi connectivity index (χ4n) is 8.05. The summed E-state index contributed by atoms with van der Waals surface area (Å²) >= 11 is 0. The topological polar surface area (TPSA) is 78.9 Å². The Morgan fingerprint density at radius 1 is 0.306 bits per heavy atom. The summed E-state index contributed by atoms with van der Waals surface area (Å²) in [4.78, 5) is 38.1. The van der Waals surface area contributed by atoms with Gasteiger partial charge in [-0.3, -0.25) is 14.4 Å². The van der Waals surface area contributed by atoms with Crippen molar-refractivity contribution in [1.82, 2.24) is 0 Å². The van der Waals surface area contributed by atoms with E-state index in [1.54, 1.807) is 6.08 Å². The number of allylic oxidation sites excluding steroid dienone is 17. The van der Waals surface area contributed by atoms with Crippen LogP contribution in [0.4, 0.5) is 0 Å². The number of carbonyl (C=O) groups is 3. The molecule has 410 valence electrons. The highest BCUT2D eigenvalue weighted by molar-refractivity contribution is 5.72. The largest absolute Gasteiger partial charge is 0.462 e. The SMILES string of the molecule is CC/C=C\C/C=C\C/C=C\C/C=C\C/C=C\CC(=O)OC(COC(=O)CCCCCCC/C=C\CCCCCCC)COC(=O)CCCCCCCCCCCC/C=C\C/C=C\C/C=C\CCCCCCC. The highest BCUT2D eigenvalue weighted by Crippen LogP contribution is 2.14. The van der Waals surface area contributed by atoms with Gasteiger partial charge in [0.1, 0.15) is 13.2 Å². The molecule has 0 aromatic carbocycles. The fraction of sp³-hybridized carbons (Fsp3) is 0.682. The van der Waals surface area contributed by atoms with Crippen LogP contribution in [-0.2, 0) is 28.6 Å². The molecule has 6 heteroatoms. The highest BCUT2D eigenvalue weighted by atomic mass is 16.6. The molecule has 0 heterocycles. The highest BCUT2D eigenvalue weighted by Gasteiger charge is 2.19. The lowest BCUT2D eigenvalue weighted by Gasteiger charge is -2.18. The van der Waals surface area contributed by atoms with Crippen LogP contribution < -0.4 is 0 Å². The first-order chi connectivity index (χ1) is 35.5. The van der Waals surface area contributed by atoms with E-state index in [0.717, 1.165) is 96.3 Å². The van der Waals surface area contributed by atoms with Gasteiger partial charge in [-0.25, -0.2) is 0 Å². The second kappa shape index (κ2) is 59.6. The van der Waals surface area contributed by atoms with Gasteiger partial charge < -0.3 is 14.2 Å². The Labute approximate surface area is 444 Å². The Balaban J connectivity index is 4.41. The minimum Gasteiger partial charge on any atom is -0.462 e. The van der Waals surface area contributed by atoms with Crippen LogP contribution in [0.2, 0.25) is 0 Å². The smallest absolute Gasteiger partial charge is 0.310 e. The van der Waals surface area contributed by atoms with E-state index >= 15 is 0 Å². The third-order valence-corrected chi connectivity index (χ3v) is 12.5. The fourth-order valence-corrected chi connectivity index (χ4v) is 8.05. The van der Waals surface area contributed by atoms with Gasteiger partial charge in [-0.05, 0) is 109 Å². The lowest BCUT2D eigenvalue weighted by Crippen LogP contribution is -2.30. The molecular formula is C66H110O6. The van der Waals surface area contributed by atoms with Crippen LogP contribution >= 0.6 is 0 Å². The van der Waals surface area contributed by atoms with E-state index in [2.05, 4.69) is 118 Å². The average molecular weight is 1000 g/mol. The molecule has 0 N–H and O–H groups in total. The van der Waals surface area contributed by atoms with Crippen molar-refractivity contribution >= 4 is 17.9 Å². The predicted molar refractivity (Wildman–Crippen MR) is 311 cm³/mol. The first-order valence-corrected chi connectivity index (χ1v) is 29.9. The predicted octanol–water partition coefficient (Wildman–Crippen LogP) is 20.3. The number of carbonyl (C=O) groups excluding carboxylic acids is 3. The van der Waals surface area contributed by atoms with Gasteiger partial charge in [0.25, 0.3) is 0 Å². The van der Waals surface area contributed by atoms with E-state index in [-0.39, 0.29) is 31.6 Å². The molecule has 0 spiro atoms. The maximum atomic E-state index is 12.8. The van der Waals surface area contributed by atoms with E-state index in [0.29, 0.717) is 12.8 Å². The second-order valence-corrected chi connectivity index (χ2v) is 19.5. The minimum absolute atomic E-state index is 0.0919. The zero-order valence-electron chi connectivity index (χ0n) is 46.9. The third-order valence-electron chi connectivity index (χ3n) is 12.5. The summed E-state index contributed by atoms with van der Waals surface area (Å²) < 4.78 is 16.7. The van der Waals surface area contributed by atoms with Crippen LogP contribution in [0.1, 0.15) is 271 Å². The molecule has 0 bridgehead atoms. The first-order valence-electron chi connectivity index (χ1n) is 29.9. The van der Waals surface area contributed by atoms with Gasteiger partial charge in [0.2, 0.25) is 0 Å². The number of esters is 3. The van der Waals surface area contributed by atoms with Crippen molar-refractivity contribution in [1.29, 1.82) is 0 Å². The standard InChI is InChI=1S/C66H110O6/c1-4-7-10-13-16-19-22-25-28-29-30-31-32-33-34-35-36-37-39-41-44-47-50-53-56-59-65(68)71-62-63(61-70-64(67)58-55-52-49-46-43-40-27-24-21-18-15-12-9-6-3)72-66(69)60-57-54-51-48-45-42-38-26-23-20-17-14-11-8-5-2/h8,11,17,20,22,24-27,29-30,32-33,38,45,48,54,57,63H,4-7,9-10,12-16,18-19,21,23,28,31,34-37,39-44,46-47,49-53,55-56,58-62H2,1-3H3/b11-8-,20-17-,25-22-,27-24-,30-29-,33-32-,38-26-,48-45-,57-54-. The molecule has 0 aliphatic carbocycles. The normalized spacial score (nSPS) is 12.9. The molecule has 0 radical (unpaired) electrons. The van der Waals surface area contributed by atoms with E-state index in [1.165, 1.54) is 135 Å². The lowest BCUT2D eigenvalue weighted by atomic mass is 10.1. The van der Waals surface area contributed by atoms with Crippen LogP contribution in [0, 0.1) is 0 Å². The van der Waals surface area contributed by atoms with Crippen LogP contribution in [0.5, 0.6) is 0 Å². The first kappa shape index (κ1) is 68.1. The van der Waals surface area contributed by atoms with Gasteiger partial charge in [0, 0.05) is 12.8 Å². The molecule has 0 saturated carbocycles. The monoisotopic (exact) mass is 999 g/mol. The molecule has 72 heavy (non-hydrogen) atoms. The van der Waals surface area contributed by atoms with Gasteiger partial charge in [-0.2, -0.15) is 0 Å². The maximum Gasteiger partial charge on any atom is 0.310 e. The Morgan fingerprint density at radius 2 is 0.583 bits per heavy atom. The van der Waals surface area contributed by atoms with Crippen LogP contribution in [0.3, 0.4) is 0 Å². The molecule has 0 rings (SSSR count). The summed E-state index contributed by atoms with van der Waals surface area (Å²) in [7, 11) is 0. The van der Waals surface area contributed by atoms with E-state index in [1.807, 2.05) is 6.08 Å². The van der Waals surface area contributed by atoms with E-state index < -0.39 is 12.1 Å². The summed E-state index contributed by atoms with van der Waals surface area (Å²) in [5.74, 6) is -1.06. The van der Waals surface area contributed by atoms with Crippen molar-refractivity contribution in [3.63, 3.8) is 0 Å². The summed E-state index contributed by atoms with van der Waals surface area (Å²) in [6.07, 6.45) is 81.1. The molecule has 0 aromatic heterocycles. The Kier molecular flexibility index (Phi) is 56.4. The molecule has 0 saturated heterocycles. The van der Waals surface area contributed by atoms with Crippen LogP contribution in [0.25, 0.3) is 0 Å². The van der Waals surface area contributed by atoms with E-state index in [4.69, 9.17) is 14.2 Å². The van der Waals surface area contributed by atoms with Gasteiger partial charge >= 0.3 is 17.9 Å². The molecule has 0 fully saturated rings. The molecule has 1 atom stereocenters. The number of hydrogen-bond acceptors (Lipinski definition) is 6. The van der Waals surface area contributed by atoms with Crippen molar-refractivity contribution < 1.29 is 28.6 Å². The van der Waals surface area contributed by atoms with Crippen molar-refractivity contribution in [3.05, 3.63) is 109 Å². The Hall–Kier alpha value is -3.93. The molecular weight excluding hydrogens is 889 g/mol. The van der Waals surface area contributed by atoms with Gasteiger partial charge in [-0.15, -0.1) is 0 Å². The van der Waals surface area contributed by atoms with E-state index in [9.17, 15) is 14.4 Å². The lowest BCUT2D eigenvalue weighted by molar-refractivity contribution is -0.166. The molecule has 0 aromatic rings. The van der Waals surface area contributed by atoms with Crippen molar-refractivity contribution in [2.75, 3.05) is 13.2 Å². The average Bonchev–Trinajstić information content (AvgIpc) is 3.38. The maximum absolute atomic E-state index is 12.8. The summed E-state index contributed by atoms with van der Waals surface area (Å²) in [6.45, 7) is 6.42. The molecule has 1 unspecified atom stereocenters. The summed E-state index contributed by atoms with van der Waals surface area (Å²) in [6, 6.07) is 0. The Bertz CT molecular complexity index is 1470.